The second-order valence-electron chi connectivity index (χ2n) is 9.33. The van der Waals surface area contributed by atoms with Crippen molar-refractivity contribution >= 4 is 27.1 Å². The molecule has 0 aliphatic carbocycles. The van der Waals surface area contributed by atoms with Gasteiger partial charge in [-0.1, -0.05) is 6.92 Å². The molecular formula is C27H26F2N4O4S. The van der Waals surface area contributed by atoms with Gasteiger partial charge in [0.15, 0.2) is 11.6 Å². The molecule has 1 amide bonds. The number of fused-ring (bicyclic) bond motifs is 2. The summed E-state index contributed by atoms with van der Waals surface area (Å²) in [6, 6.07) is 11.8. The summed E-state index contributed by atoms with van der Waals surface area (Å²) >= 11 is 0. The number of rotatable bonds is 5. The van der Waals surface area contributed by atoms with E-state index in [2.05, 4.69) is 10.4 Å². The van der Waals surface area contributed by atoms with Gasteiger partial charge in [0.05, 0.1) is 29.2 Å². The maximum Gasteiger partial charge on any atom is 0.255 e. The molecule has 4 aromatic rings. The second kappa shape index (κ2) is 9.71. The summed E-state index contributed by atoms with van der Waals surface area (Å²) < 4.78 is 60.5. The van der Waals surface area contributed by atoms with Crippen molar-refractivity contribution in [2.75, 3.05) is 24.2 Å². The lowest BCUT2D eigenvalue weighted by Gasteiger charge is -2.23. The molecule has 2 aromatic heterocycles. The number of nitrogens with one attached hydrogen (secondary N) is 1. The van der Waals surface area contributed by atoms with Gasteiger partial charge in [-0.15, -0.1) is 0 Å². The molecule has 1 atom stereocenters. The Morgan fingerprint density at radius 2 is 1.79 bits per heavy atom. The van der Waals surface area contributed by atoms with E-state index >= 15 is 0 Å². The summed E-state index contributed by atoms with van der Waals surface area (Å²) in [6.07, 6.45) is 4.39. The molecule has 0 saturated carbocycles. The first-order chi connectivity index (χ1) is 18.1. The predicted molar refractivity (Wildman–Crippen MR) is 140 cm³/mol. The van der Waals surface area contributed by atoms with Crippen molar-refractivity contribution < 1.29 is 26.7 Å². The third-order valence-corrected chi connectivity index (χ3v) is 7.87. The molecule has 5 rings (SSSR count). The number of pyridine rings is 1. The molecule has 3 heterocycles. The topological polar surface area (TPSA) is 93.0 Å². The lowest BCUT2D eigenvalue weighted by atomic mass is 9.96. The average molecular weight is 541 g/mol. The molecule has 1 aliphatic heterocycles. The molecule has 0 spiro atoms. The molecule has 0 bridgehead atoms. The minimum atomic E-state index is -3.51. The van der Waals surface area contributed by atoms with Gasteiger partial charge in [0.25, 0.3) is 5.91 Å². The zero-order valence-electron chi connectivity index (χ0n) is 21.0. The number of halogens is 2. The van der Waals surface area contributed by atoms with E-state index in [1.165, 1.54) is 23.7 Å². The van der Waals surface area contributed by atoms with Crippen LogP contribution in [0.15, 0.2) is 54.7 Å². The number of carbonyl (C=O) groups is 1. The van der Waals surface area contributed by atoms with Crippen molar-refractivity contribution in [2.24, 2.45) is 0 Å². The maximum absolute atomic E-state index is 13.5. The molecule has 1 unspecified atom stereocenters. The summed E-state index contributed by atoms with van der Waals surface area (Å²) in [5, 5.41) is 7.34. The summed E-state index contributed by atoms with van der Waals surface area (Å²) in [6.45, 7) is 2.42. The number of sulfonamides is 1. The van der Waals surface area contributed by atoms with Gasteiger partial charge in [-0.3, -0.25) is 9.10 Å². The number of benzene rings is 2. The maximum atomic E-state index is 13.5. The fourth-order valence-electron chi connectivity index (χ4n) is 4.77. The number of nitrogens with zero attached hydrogens (tertiary/aromatic N) is 3. The molecule has 198 valence electrons. The molecule has 1 aliphatic rings. The highest BCUT2D eigenvalue weighted by Gasteiger charge is 2.29. The normalized spacial score (nSPS) is 15.7. The van der Waals surface area contributed by atoms with Crippen LogP contribution in [0.4, 0.5) is 14.5 Å². The van der Waals surface area contributed by atoms with Crippen molar-refractivity contribution in [2.45, 2.75) is 25.7 Å². The van der Waals surface area contributed by atoms with E-state index in [1.807, 2.05) is 13.0 Å². The number of ether oxygens (including phenoxy) is 1. The largest absolute Gasteiger partial charge is 0.457 e. The second-order valence-corrected chi connectivity index (χ2v) is 11.2. The molecule has 11 heteroatoms. The number of hydrogen-bond donors (Lipinski definition) is 1. The van der Waals surface area contributed by atoms with E-state index in [0.29, 0.717) is 40.3 Å². The van der Waals surface area contributed by atoms with Crippen LogP contribution in [0.3, 0.4) is 0 Å². The summed E-state index contributed by atoms with van der Waals surface area (Å²) in [7, 11) is -1.98. The van der Waals surface area contributed by atoms with E-state index in [0.717, 1.165) is 30.5 Å². The van der Waals surface area contributed by atoms with E-state index in [9.17, 15) is 22.0 Å². The van der Waals surface area contributed by atoms with Crippen LogP contribution in [-0.4, -0.2) is 43.8 Å². The highest BCUT2D eigenvalue weighted by atomic mass is 32.2. The highest BCUT2D eigenvalue weighted by molar-refractivity contribution is 7.92. The molecule has 0 fully saturated rings. The van der Waals surface area contributed by atoms with E-state index in [1.54, 1.807) is 35.0 Å². The number of hydrogen-bond acceptors (Lipinski definition) is 5. The highest BCUT2D eigenvalue weighted by Crippen LogP contribution is 2.38. The Labute approximate surface area is 218 Å². The third kappa shape index (κ3) is 4.69. The van der Waals surface area contributed by atoms with Crippen molar-refractivity contribution in [3.63, 3.8) is 0 Å². The Morgan fingerprint density at radius 1 is 1.08 bits per heavy atom. The molecular weight excluding hydrogens is 514 g/mol. The first kappa shape index (κ1) is 25.7. The third-order valence-electron chi connectivity index (χ3n) is 6.69. The summed E-state index contributed by atoms with van der Waals surface area (Å²) in [4.78, 5) is 13.0. The first-order valence-corrected chi connectivity index (χ1v) is 13.9. The van der Waals surface area contributed by atoms with Gasteiger partial charge in [-0.2, -0.15) is 5.10 Å². The van der Waals surface area contributed by atoms with Crippen LogP contribution in [0.1, 0.15) is 41.6 Å². The van der Waals surface area contributed by atoms with Gasteiger partial charge < -0.3 is 10.1 Å². The van der Waals surface area contributed by atoms with Crippen LogP contribution in [-0.2, 0) is 10.0 Å². The Bertz CT molecular complexity index is 1650. The smallest absolute Gasteiger partial charge is 0.255 e. The minimum Gasteiger partial charge on any atom is -0.457 e. The summed E-state index contributed by atoms with van der Waals surface area (Å²) in [5.74, 6) is -1.70. The van der Waals surface area contributed by atoms with E-state index in [4.69, 9.17) is 4.74 Å². The monoisotopic (exact) mass is 540 g/mol. The number of amides is 1. The molecule has 1 N–H and O–H groups in total. The quantitative estimate of drug-likeness (QED) is 0.381. The Morgan fingerprint density at radius 3 is 2.45 bits per heavy atom. The van der Waals surface area contributed by atoms with Crippen LogP contribution in [0.2, 0.25) is 0 Å². The Balaban J connectivity index is 1.60. The standard InChI is InChI=1S/C27H26F2N4O4S/c1-16-5-4-12-33(38(3,35)36)24-15-32-23(14-20(16)24)25(27(34)30-2)26(31-32)17-6-8-18(9-7-17)37-19-10-11-21(28)22(29)13-19/h6-11,13-16H,4-5,12H2,1-3H3,(H,30,34). The SMILES string of the molecule is CNC(=O)c1c(-c2ccc(Oc3ccc(F)c(F)c3)cc2)nn2cc3c(cc12)C(C)CCCN3S(C)(=O)=O. The Kier molecular flexibility index (Phi) is 6.56. The zero-order valence-corrected chi connectivity index (χ0v) is 21.9. The fraction of sp³-hybridized carbons (Fsp3) is 0.259. The van der Waals surface area contributed by atoms with Crippen LogP contribution in [0.5, 0.6) is 11.5 Å². The first-order valence-electron chi connectivity index (χ1n) is 12.1. The van der Waals surface area contributed by atoms with Gasteiger partial charge in [-0.05, 0) is 66.8 Å². The average Bonchev–Trinajstić information content (AvgIpc) is 3.16. The molecule has 2 aromatic carbocycles. The fourth-order valence-corrected chi connectivity index (χ4v) is 5.74. The minimum absolute atomic E-state index is 0.0883. The number of anilines is 1. The van der Waals surface area contributed by atoms with Crippen molar-refractivity contribution in [1.29, 1.82) is 0 Å². The van der Waals surface area contributed by atoms with Gasteiger partial charge in [-0.25, -0.2) is 21.7 Å². The van der Waals surface area contributed by atoms with E-state index < -0.39 is 21.7 Å². The molecule has 0 saturated heterocycles. The number of aromatic nitrogens is 2. The van der Waals surface area contributed by atoms with Gasteiger partial charge in [0.1, 0.15) is 17.2 Å². The molecule has 0 radical (unpaired) electrons. The lowest BCUT2D eigenvalue weighted by Crippen LogP contribution is -2.31. The van der Waals surface area contributed by atoms with Gasteiger partial charge in [0.2, 0.25) is 10.0 Å². The van der Waals surface area contributed by atoms with Gasteiger partial charge in [0, 0.05) is 25.2 Å². The van der Waals surface area contributed by atoms with Gasteiger partial charge >= 0.3 is 0 Å². The molecule has 8 nitrogen and oxygen atoms in total. The summed E-state index contributed by atoms with van der Waals surface area (Å²) in [5.41, 5.74) is 3.33. The van der Waals surface area contributed by atoms with Crippen molar-refractivity contribution in [3.8, 4) is 22.8 Å². The van der Waals surface area contributed by atoms with E-state index in [-0.39, 0.29) is 17.6 Å². The van der Waals surface area contributed by atoms with Crippen LogP contribution < -0.4 is 14.4 Å². The number of carbonyl (C=O) groups excluding carboxylic acids is 1. The van der Waals surface area contributed by atoms with Crippen molar-refractivity contribution in [3.05, 3.63) is 77.5 Å². The van der Waals surface area contributed by atoms with Crippen molar-refractivity contribution in [1.82, 2.24) is 14.9 Å². The zero-order chi connectivity index (χ0) is 27.2. The molecule has 38 heavy (non-hydrogen) atoms. The van der Waals surface area contributed by atoms with Crippen LogP contribution in [0, 0.1) is 11.6 Å². The van der Waals surface area contributed by atoms with Crippen LogP contribution >= 0.6 is 0 Å². The predicted octanol–water partition coefficient (Wildman–Crippen LogP) is 5.09. The Hall–Kier alpha value is -3.99. The lowest BCUT2D eigenvalue weighted by molar-refractivity contribution is 0.0965. The van der Waals surface area contributed by atoms with Crippen LogP contribution in [0.25, 0.3) is 16.8 Å².